The molecule has 4 nitrogen and oxygen atoms in total. The van der Waals surface area contributed by atoms with E-state index in [9.17, 15) is 0 Å². The molecule has 3 atom stereocenters. The van der Waals surface area contributed by atoms with E-state index in [4.69, 9.17) is 22.9 Å². The van der Waals surface area contributed by atoms with Crippen molar-refractivity contribution in [1.29, 1.82) is 0 Å². The Bertz CT molecular complexity index is 114. The van der Waals surface area contributed by atoms with Crippen molar-refractivity contribution >= 4 is 0 Å². The maximum Gasteiger partial charge on any atom is 0.0679 e. The third-order valence-electron chi connectivity index (χ3n) is 2.18. The molecule has 0 aromatic carbocycles. The van der Waals surface area contributed by atoms with Gasteiger partial charge in [-0.1, -0.05) is 6.92 Å². The number of rotatable bonds is 5. The number of hydrogen-bond donors (Lipinski definition) is 4. The average molecular weight is 174 g/mol. The fourth-order valence-corrected chi connectivity index (χ4v) is 1.10. The Morgan fingerprint density at radius 1 is 0.917 bits per heavy atom. The first-order valence-corrected chi connectivity index (χ1v) is 4.47. The lowest BCUT2D eigenvalue weighted by Gasteiger charge is -2.23. The summed E-state index contributed by atoms with van der Waals surface area (Å²) < 4.78 is 0. The standard InChI is InChI=1S/C8H22N4/c1-5(3-4-6(2)9)7(10)8(11)12/h5-8H,3-4,9-12H2,1-2H3. The van der Waals surface area contributed by atoms with Gasteiger partial charge < -0.3 is 22.9 Å². The minimum absolute atomic E-state index is 0.122. The number of hydrogen-bond acceptors (Lipinski definition) is 4. The molecule has 0 rings (SSSR count). The van der Waals surface area contributed by atoms with Crippen molar-refractivity contribution in [2.24, 2.45) is 28.9 Å². The van der Waals surface area contributed by atoms with Crippen LogP contribution in [0.15, 0.2) is 0 Å². The second-order valence-electron chi connectivity index (χ2n) is 3.69. The Hall–Kier alpha value is -0.160. The van der Waals surface area contributed by atoms with E-state index >= 15 is 0 Å². The molecule has 0 spiro atoms. The van der Waals surface area contributed by atoms with Gasteiger partial charge in [-0.2, -0.15) is 0 Å². The normalized spacial score (nSPS) is 19.2. The third kappa shape index (κ3) is 4.66. The molecule has 0 amide bonds. The zero-order valence-corrected chi connectivity index (χ0v) is 8.03. The molecule has 0 fully saturated rings. The van der Waals surface area contributed by atoms with Crippen molar-refractivity contribution in [3.05, 3.63) is 0 Å². The van der Waals surface area contributed by atoms with Crippen LogP contribution in [0.4, 0.5) is 0 Å². The molecule has 0 aromatic heterocycles. The van der Waals surface area contributed by atoms with Crippen molar-refractivity contribution in [2.75, 3.05) is 0 Å². The van der Waals surface area contributed by atoms with Crippen LogP contribution in [0, 0.1) is 5.92 Å². The van der Waals surface area contributed by atoms with Gasteiger partial charge in [-0.3, -0.25) is 0 Å². The quantitative estimate of drug-likeness (QED) is 0.414. The molecule has 8 N–H and O–H groups in total. The lowest BCUT2D eigenvalue weighted by Crippen LogP contribution is -2.51. The van der Waals surface area contributed by atoms with Crippen LogP contribution in [0.2, 0.25) is 0 Å². The first-order valence-electron chi connectivity index (χ1n) is 4.47. The van der Waals surface area contributed by atoms with E-state index in [1.165, 1.54) is 0 Å². The van der Waals surface area contributed by atoms with E-state index in [-0.39, 0.29) is 12.1 Å². The monoisotopic (exact) mass is 174 g/mol. The summed E-state index contributed by atoms with van der Waals surface area (Å²) in [6.45, 7) is 4.04. The second kappa shape index (κ2) is 5.48. The molecule has 0 aliphatic heterocycles. The maximum atomic E-state index is 5.76. The van der Waals surface area contributed by atoms with E-state index < -0.39 is 6.17 Å². The van der Waals surface area contributed by atoms with E-state index in [1.54, 1.807) is 0 Å². The summed E-state index contributed by atoms with van der Waals surface area (Å²) in [5, 5.41) is 0. The van der Waals surface area contributed by atoms with Crippen molar-refractivity contribution in [2.45, 2.75) is 44.9 Å². The highest BCUT2D eigenvalue weighted by Crippen LogP contribution is 2.10. The molecule has 0 heterocycles. The van der Waals surface area contributed by atoms with E-state index in [1.807, 2.05) is 6.92 Å². The molecule has 4 heteroatoms. The molecule has 3 unspecified atom stereocenters. The first-order chi connectivity index (χ1) is 5.45. The smallest absolute Gasteiger partial charge is 0.0679 e. The van der Waals surface area contributed by atoms with Gasteiger partial charge in [-0.15, -0.1) is 0 Å². The van der Waals surface area contributed by atoms with Crippen molar-refractivity contribution in [3.8, 4) is 0 Å². The maximum absolute atomic E-state index is 5.76. The minimum Gasteiger partial charge on any atom is -0.328 e. The highest BCUT2D eigenvalue weighted by atomic mass is 14.9. The van der Waals surface area contributed by atoms with Gasteiger partial charge >= 0.3 is 0 Å². The lowest BCUT2D eigenvalue weighted by atomic mass is 9.94. The van der Waals surface area contributed by atoms with Gasteiger partial charge in [0.2, 0.25) is 0 Å². The molecule has 74 valence electrons. The summed E-state index contributed by atoms with van der Waals surface area (Å²) in [7, 11) is 0. The first kappa shape index (κ1) is 11.8. The van der Waals surface area contributed by atoms with Crippen LogP contribution < -0.4 is 22.9 Å². The fraction of sp³-hybridized carbons (Fsp3) is 1.00. The van der Waals surface area contributed by atoms with Gasteiger partial charge in [0.05, 0.1) is 6.17 Å². The molecular weight excluding hydrogens is 152 g/mol. The summed E-state index contributed by atoms with van der Waals surface area (Å²) in [6.07, 6.45) is 1.54. The van der Waals surface area contributed by atoms with Crippen LogP contribution in [0.25, 0.3) is 0 Å². The molecule has 12 heavy (non-hydrogen) atoms. The van der Waals surface area contributed by atoms with E-state index in [0.717, 1.165) is 12.8 Å². The highest BCUT2D eigenvalue weighted by molar-refractivity contribution is 4.76. The second-order valence-corrected chi connectivity index (χ2v) is 3.69. The lowest BCUT2D eigenvalue weighted by molar-refractivity contribution is 0.359. The van der Waals surface area contributed by atoms with Crippen LogP contribution >= 0.6 is 0 Å². The van der Waals surface area contributed by atoms with Gasteiger partial charge in [-0.05, 0) is 25.7 Å². The molecule has 0 saturated carbocycles. The molecule has 0 aliphatic carbocycles. The van der Waals surface area contributed by atoms with Crippen molar-refractivity contribution < 1.29 is 0 Å². The Morgan fingerprint density at radius 2 is 1.42 bits per heavy atom. The van der Waals surface area contributed by atoms with Gasteiger partial charge in [0.25, 0.3) is 0 Å². The third-order valence-corrected chi connectivity index (χ3v) is 2.18. The molecule has 0 bridgehead atoms. The van der Waals surface area contributed by atoms with Gasteiger partial charge in [0.15, 0.2) is 0 Å². The SMILES string of the molecule is CC(N)CCC(C)C(N)C(N)N. The van der Waals surface area contributed by atoms with Crippen LogP contribution in [-0.4, -0.2) is 18.2 Å². The Balaban J connectivity index is 3.64. The summed E-state index contributed by atoms with van der Waals surface area (Å²) in [5.74, 6) is 0.344. The average Bonchev–Trinajstić information content (AvgIpc) is 1.98. The molecule has 0 aromatic rings. The van der Waals surface area contributed by atoms with E-state index in [0.29, 0.717) is 5.92 Å². The van der Waals surface area contributed by atoms with Gasteiger partial charge in [-0.25, -0.2) is 0 Å². The van der Waals surface area contributed by atoms with Crippen molar-refractivity contribution in [1.82, 2.24) is 0 Å². The van der Waals surface area contributed by atoms with Crippen LogP contribution in [-0.2, 0) is 0 Å². The predicted octanol–water partition coefficient (Wildman–Crippen LogP) is -0.679. The molecule has 0 saturated heterocycles. The Morgan fingerprint density at radius 3 is 1.75 bits per heavy atom. The summed E-state index contributed by atoms with van der Waals surface area (Å²) >= 11 is 0. The summed E-state index contributed by atoms with van der Waals surface area (Å²) in [6, 6.07) is 0.109. The fourth-order valence-electron chi connectivity index (χ4n) is 1.10. The van der Waals surface area contributed by atoms with Gasteiger partial charge in [0.1, 0.15) is 0 Å². The van der Waals surface area contributed by atoms with Crippen LogP contribution in [0.1, 0.15) is 26.7 Å². The van der Waals surface area contributed by atoms with E-state index in [2.05, 4.69) is 6.92 Å². The highest BCUT2D eigenvalue weighted by Gasteiger charge is 2.16. The predicted molar refractivity (Wildman–Crippen MR) is 52.2 cm³/mol. The summed E-state index contributed by atoms with van der Waals surface area (Å²) in [4.78, 5) is 0. The van der Waals surface area contributed by atoms with Crippen LogP contribution in [0.5, 0.6) is 0 Å². The van der Waals surface area contributed by atoms with Crippen molar-refractivity contribution in [3.63, 3.8) is 0 Å². The van der Waals surface area contributed by atoms with Crippen LogP contribution in [0.3, 0.4) is 0 Å². The molecular formula is C8H22N4. The molecule has 0 aliphatic rings. The zero-order valence-electron chi connectivity index (χ0n) is 8.03. The summed E-state index contributed by atoms with van der Waals surface area (Å²) in [5.41, 5.74) is 22.3. The largest absolute Gasteiger partial charge is 0.328 e. The minimum atomic E-state index is -0.423. The Kier molecular flexibility index (Phi) is 5.41. The topological polar surface area (TPSA) is 104 Å². The molecule has 0 radical (unpaired) electrons. The Labute approximate surface area is 74.7 Å². The zero-order chi connectivity index (χ0) is 9.72. The van der Waals surface area contributed by atoms with Gasteiger partial charge in [0, 0.05) is 12.1 Å². The number of nitrogens with two attached hydrogens (primary N) is 4.